The number of thioether (sulfide) groups is 1. The molecule has 1 saturated heterocycles. The summed E-state index contributed by atoms with van der Waals surface area (Å²) in [6, 6.07) is 0. The van der Waals surface area contributed by atoms with Crippen molar-refractivity contribution in [3.05, 3.63) is 24.3 Å². The molecule has 0 aliphatic carbocycles. The first-order chi connectivity index (χ1) is 24.9. The molecule has 0 bridgehead atoms. The summed E-state index contributed by atoms with van der Waals surface area (Å²) < 4.78 is 62.0. The second-order valence-corrected chi connectivity index (χ2v) is 17.8. The summed E-state index contributed by atoms with van der Waals surface area (Å²) in [6.45, 7) is 4.03. The number of nitrogens with zero attached hydrogens (tertiary/aromatic N) is 4. The summed E-state index contributed by atoms with van der Waals surface area (Å²) >= 11 is 1.02. The summed E-state index contributed by atoms with van der Waals surface area (Å²) in [5, 5.41) is 26.1. The number of imidazole rings is 1. The number of carbonyl (C=O) groups is 3. The zero-order chi connectivity index (χ0) is 40.6. The van der Waals surface area contributed by atoms with Crippen LogP contribution in [0, 0.1) is 5.41 Å². The van der Waals surface area contributed by atoms with Crippen LogP contribution < -0.4 is 16.4 Å². The second-order valence-electron chi connectivity index (χ2n) is 12.5. The fraction of sp³-hybridized carbons (Fsp3) is 0.630. The third kappa shape index (κ3) is 15.9. The van der Waals surface area contributed by atoms with Crippen molar-refractivity contribution in [1.82, 2.24) is 30.2 Å². The number of hydrogen-bond acceptors (Lipinski definition) is 18. The quantitative estimate of drug-likeness (QED) is 0.0362. The molecule has 0 aromatic carbocycles. The maximum absolute atomic E-state index is 12.6. The average molecular weight is 873 g/mol. The van der Waals surface area contributed by atoms with Gasteiger partial charge in [-0.05, 0) is 19.9 Å². The Hall–Kier alpha value is -2.10. The van der Waals surface area contributed by atoms with Gasteiger partial charge in [0.15, 0.2) is 17.7 Å². The maximum Gasteiger partial charge on any atom is 0.481 e. The molecule has 2 amide bonds. The summed E-state index contributed by atoms with van der Waals surface area (Å²) in [5.74, 6) is -1.13. The third-order valence-electron chi connectivity index (χ3n) is 7.15. The molecule has 3 heterocycles. The number of phosphoric ester groups is 3. The van der Waals surface area contributed by atoms with Gasteiger partial charge in [0.1, 0.15) is 36.3 Å². The second kappa shape index (κ2) is 21.8. The summed E-state index contributed by atoms with van der Waals surface area (Å²) in [4.78, 5) is 87.0. The smallest absolute Gasteiger partial charge is 0.386 e. The summed E-state index contributed by atoms with van der Waals surface area (Å²) in [7, 11) is -16.4. The number of nitrogen functional groups attached to an aromatic ring is 1. The van der Waals surface area contributed by atoms with Crippen molar-refractivity contribution < 1.29 is 80.5 Å². The minimum absolute atomic E-state index is 0. The van der Waals surface area contributed by atoms with E-state index in [2.05, 4.69) is 34.4 Å². The molecule has 313 valence electrons. The fourth-order valence-electron chi connectivity index (χ4n) is 4.56. The number of aliphatic hydroxyl groups excluding tert-OH is 2. The molecule has 3 rings (SSSR count). The molecule has 7 atom stereocenters. The number of fused-ring (bicyclic) bond motifs is 1. The van der Waals surface area contributed by atoms with E-state index >= 15 is 0 Å². The molecule has 1 fully saturated rings. The van der Waals surface area contributed by atoms with Crippen LogP contribution in [-0.2, 0) is 50.7 Å². The SMILES string of the molecule is C.CC(C)=CC(=O)SCCNC(=O)CCNC(=O)[C@H](O)C(C)(C)COP(=O)(O)OP(=O)(O)OC[C@H]1O[C@@H](n2cnc3c(N)ncnc32)[C@H](O)[C@@H]1OP(=O)(O)O.[Li]. The predicted molar refractivity (Wildman–Crippen MR) is 199 cm³/mol. The van der Waals surface area contributed by atoms with Crippen molar-refractivity contribution in [2.24, 2.45) is 5.41 Å². The molecule has 0 saturated carbocycles. The molecule has 1 radical (unpaired) electrons. The van der Waals surface area contributed by atoms with E-state index < -0.39 is 84.6 Å². The van der Waals surface area contributed by atoms with E-state index in [0.717, 1.165) is 34.6 Å². The molecule has 56 heavy (non-hydrogen) atoms. The van der Waals surface area contributed by atoms with Gasteiger partial charge in [-0.15, -0.1) is 0 Å². The molecule has 2 unspecified atom stereocenters. The minimum atomic E-state index is -5.57. The van der Waals surface area contributed by atoms with Gasteiger partial charge in [-0.1, -0.05) is 38.6 Å². The number of allylic oxidation sites excluding steroid dienone is 1. The van der Waals surface area contributed by atoms with Crippen molar-refractivity contribution in [3.63, 3.8) is 0 Å². The van der Waals surface area contributed by atoms with Gasteiger partial charge in [0.25, 0.3) is 0 Å². The van der Waals surface area contributed by atoms with E-state index in [0.29, 0.717) is 5.75 Å². The Balaban J connectivity index is 0.00000784. The van der Waals surface area contributed by atoms with Crippen LogP contribution in [0.3, 0.4) is 0 Å². The van der Waals surface area contributed by atoms with Crippen molar-refractivity contribution >= 4 is 88.0 Å². The number of phosphoric acid groups is 3. The Morgan fingerprint density at radius 1 is 1.07 bits per heavy atom. The number of aromatic nitrogens is 4. The van der Waals surface area contributed by atoms with Crippen LogP contribution in [0.5, 0.6) is 0 Å². The molecule has 1 aliphatic rings. The van der Waals surface area contributed by atoms with E-state index in [4.69, 9.17) is 19.5 Å². The van der Waals surface area contributed by atoms with E-state index in [1.165, 1.54) is 19.9 Å². The van der Waals surface area contributed by atoms with Crippen LogP contribution in [-0.4, -0.2) is 142 Å². The zero-order valence-corrected chi connectivity index (χ0v) is 33.7. The number of ether oxygens (including phenoxy) is 1. The van der Waals surface area contributed by atoms with Crippen LogP contribution in [0.4, 0.5) is 5.82 Å². The predicted octanol–water partition coefficient (Wildman–Crippen LogP) is -0.114. The standard InChI is InChI=1S/C26H42N7O17P3S.CH4.Li/c1-14(2)9-17(35)54-8-7-28-16(34)5-6-29-24(38)21(37)26(3,4)11-47-53(44,45)50-52(42,43)46-10-15-20(49-51(39,40)41)19(36)25(48-15)33-13-32-18-22(27)30-12-31-23(18)33;;/h9,12-13,15,19-21,25,36-37H,5-8,10-11H2,1-4H3,(H,28,34)(H,29,38)(H,42,43)(H,44,45)(H2,27,30,31)(H2,39,40,41);1H4;/t15-,19-,20-,21+,25-;;/m1../s1. The van der Waals surface area contributed by atoms with Gasteiger partial charge in [-0.2, -0.15) is 4.31 Å². The number of hydrogen-bond donors (Lipinski definition) is 9. The average Bonchev–Trinajstić information content (AvgIpc) is 3.60. The Labute approximate surface area is 337 Å². The minimum Gasteiger partial charge on any atom is -0.386 e. The van der Waals surface area contributed by atoms with E-state index in [1.54, 1.807) is 13.8 Å². The topological polar surface area (TPSA) is 364 Å². The van der Waals surface area contributed by atoms with Gasteiger partial charge in [-0.3, -0.25) is 32.5 Å². The Bertz CT molecular complexity index is 1850. The first-order valence-electron chi connectivity index (χ1n) is 15.6. The number of amides is 2. The Morgan fingerprint density at radius 3 is 2.34 bits per heavy atom. The molecule has 10 N–H and O–H groups in total. The largest absolute Gasteiger partial charge is 0.481 e. The number of nitrogens with two attached hydrogens (primary N) is 1. The first-order valence-corrected chi connectivity index (χ1v) is 21.1. The summed E-state index contributed by atoms with van der Waals surface area (Å²) in [5.41, 5.74) is 5.10. The van der Waals surface area contributed by atoms with Gasteiger partial charge >= 0.3 is 23.5 Å². The number of carbonyl (C=O) groups excluding carboxylic acids is 3. The Morgan fingerprint density at radius 2 is 1.71 bits per heavy atom. The number of rotatable bonds is 20. The number of anilines is 1. The van der Waals surface area contributed by atoms with Gasteiger partial charge in [0.05, 0.1) is 19.5 Å². The van der Waals surface area contributed by atoms with Gasteiger partial charge in [0, 0.05) is 49.5 Å². The van der Waals surface area contributed by atoms with Crippen molar-refractivity contribution in [2.75, 3.05) is 37.8 Å². The maximum atomic E-state index is 12.6. The third-order valence-corrected chi connectivity index (χ3v) is 11.1. The van der Waals surface area contributed by atoms with E-state index in [9.17, 15) is 57.9 Å². The molecule has 2 aromatic rings. The number of nitrogens with one attached hydrogen (secondary N) is 2. The van der Waals surface area contributed by atoms with Crippen molar-refractivity contribution in [2.45, 2.75) is 72.2 Å². The van der Waals surface area contributed by atoms with Crippen LogP contribution in [0.2, 0.25) is 0 Å². The molecule has 24 nitrogen and oxygen atoms in total. The van der Waals surface area contributed by atoms with Gasteiger partial charge < -0.3 is 50.9 Å². The monoisotopic (exact) mass is 872 g/mol. The van der Waals surface area contributed by atoms with Crippen LogP contribution in [0.25, 0.3) is 11.2 Å². The van der Waals surface area contributed by atoms with Crippen molar-refractivity contribution in [1.29, 1.82) is 0 Å². The molecule has 29 heteroatoms. The van der Waals surface area contributed by atoms with Crippen LogP contribution in [0.1, 0.15) is 47.8 Å². The molecular weight excluding hydrogens is 826 g/mol. The van der Waals surface area contributed by atoms with Crippen molar-refractivity contribution in [3.8, 4) is 0 Å². The molecule has 0 spiro atoms. The fourth-order valence-corrected chi connectivity index (χ4v) is 8.11. The van der Waals surface area contributed by atoms with Gasteiger partial charge in [-0.25, -0.2) is 28.6 Å². The van der Waals surface area contributed by atoms with E-state index in [1.807, 2.05) is 0 Å². The van der Waals surface area contributed by atoms with Crippen LogP contribution >= 0.6 is 35.2 Å². The molecular formula is C27H46LiN7O17P3S. The molecule has 1 aliphatic heterocycles. The van der Waals surface area contributed by atoms with E-state index in [-0.39, 0.29) is 67.9 Å². The Kier molecular flexibility index (Phi) is 20.2. The zero-order valence-electron chi connectivity index (χ0n) is 30.2. The first kappa shape index (κ1) is 51.9. The van der Waals surface area contributed by atoms with Crippen LogP contribution in [0.15, 0.2) is 24.3 Å². The molecule has 2 aromatic heterocycles. The number of aliphatic hydroxyl groups is 2. The normalized spacial score (nSPS) is 21.1. The summed E-state index contributed by atoms with van der Waals surface area (Å²) in [6.07, 6.45) is -5.45. The van der Waals surface area contributed by atoms with Gasteiger partial charge in [0.2, 0.25) is 16.9 Å².